The number of rotatable bonds is 4. The Balaban J connectivity index is 1.50. The molecule has 0 amide bonds. The van der Waals surface area contributed by atoms with Gasteiger partial charge in [-0.15, -0.1) is 0 Å². The van der Waals surface area contributed by atoms with E-state index >= 15 is 0 Å². The summed E-state index contributed by atoms with van der Waals surface area (Å²) in [7, 11) is 0. The van der Waals surface area contributed by atoms with Crippen LogP contribution in [0.15, 0.2) is 36.7 Å². The first-order chi connectivity index (χ1) is 10.2. The number of nitrogens with zero attached hydrogens (tertiary/aromatic N) is 4. The highest BCUT2D eigenvalue weighted by molar-refractivity contribution is 6.30. The zero-order chi connectivity index (χ0) is 14.7. The van der Waals surface area contributed by atoms with Gasteiger partial charge in [0.15, 0.2) is 0 Å². The molecule has 0 N–H and O–H groups in total. The van der Waals surface area contributed by atoms with Gasteiger partial charge < -0.3 is 0 Å². The van der Waals surface area contributed by atoms with Crippen molar-refractivity contribution in [2.45, 2.75) is 20.1 Å². The fraction of sp³-hybridized carbons (Fsp3) is 0.438. The summed E-state index contributed by atoms with van der Waals surface area (Å²) in [5.74, 6) is 0. The van der Waals surface area contributed by atoms with Gasteiger partial charge in [0, 0.05) is 38.9 Å². The summed E-state index contributed by atoms with van der Waals surface area (Å²) in [6, 6.07) is 8.65. The molecule has 1 aliphatic heterocycles. The van der Waals surface area contributed by atoms with Crippen LogP contribution < -0.4 is 0 Å². The number of halogens is 1. The van der Waals surface area contributed by atoms with Crippen LogP contribution in [0.3, 0.4) is 0 Å². The van der Waals surface area contributed by atoms with Gasteiger partial charge in [-0.3, -0.25) is 14.5 Å². The highest BCUT2D eigenvalue weighted by Crippen LogP contribution is 2.13. The third-order valence-corrected chi connectivity index (χ3v) is 4.26. The number of hydrogen-bond acceptors (Lipinski definition) is 3. The second-order valence-electron chi connectivity index (χ2n) is 5.66. The number of benzene rings is 1. The van der Waals surface area contributed by atoms with E-state index in [0.29, 0.717) is 5.02 Å². The van der Waals surface area contributed by atoms with E-state index in [1.807, 2.05) is 10.9 Å². The maximum Gasteiger partial charge on any atom is 0.0930 e. The van der Waals surface area contributed by atoms with Gasteiger partial charge in [0.2, 0.25) is 0 Å². The summed E-state index contributed by atoms with van der Waals surface area (Å²) in [4.78, 5) is 4.94. The highest BCUT2D eigenvalue weighted by atomic mass is 35.5. The Morgan fingerprint density at radius 2 is 1.81 bits per heavy atom. The molecule has 2 heterocycles. The fourth-order valence-electron chi connectivity index (χ4n) is 2.74. The summed E-state index contributed by atoms with van der Waals surface area (Å²) in [6.07, 6.45) is 3.57. The Kier molecular flexibility index (Phi) is 4.58. The van der Waals surface area contributed by atoms with Crippen molar-refractivity contribution in [3.05, 3.63) is 52.8 Å². The lowest BCUT2D eigenvalue weighted by Gasteiger charge is -2.34. The predicted molar refractivity (Wildman–Crippen MR) is 85.3 cm³/mol. The molecule has 1 saturated heterocycles. The fourth-order valence-corrected chi connectivity index (χ4v) is 2.89. The quantitative estimate of drug-likeness (QED) is 0.868. The lowest BCUT2D eigenvalue weighted by atomic mass is 10.1. The van der Waals surface area contributed by atoms with Crippen LogP contribution in [-0.4, -0.2) is 45.8 Å². The van der Waals surface area contributed by atoms with Gasteiger partial charge in [-0.25, -0.2) is 0 Å². The van der Waals surface area contributed by atoms with Crippen molar-refractivity contribution in [1.82, 2.24) is 19.6 Å². The average Bonchev–Trinajstić information content (AvgIpc) is 2.89. The Labute approximate surface area is 130 Å². The molecule has 0 aliphatic carbocycles. The van der Waals surface area contributed by atoms with Gasteiger partial charge in [0.05, 0.1) is 17.9 Å². The van der Waals surface area contributed by atoms with Crippen molar-refractivity contribution >= 4 is 11.6 Å². The van der Waals surface area contributed by atoms with Crippen molar-refractivity contribution in [1.29, 1.82) is 0 Å². The SMILES string of the molecule is Cc1ccccc1CN1CCN(Cn2cc(Cl)cn2)CC1. The molecule has 0 unspecified atom stereocenters. The largest absolute Gasteiger partial charge is 0.297 e. The zero-order valence-corrected chi connectivity index (χ0v) is 13.1. The van der Waals surface area contributed by atoms with Gasteiger partial charge in [0.1, 0.15) is 0 Å². The highest BCUT2D eigenvalue weighted by Gasteiger charge is 2.17. The van der Waals surface area contributed by atoms with E-state index in [2.05, 4.69) is 46.1 Å². The number of aromatic nitrogens is 2. The molecule has 1 fully saturated rings. The molecule has 21 heavy (non-hydrogen) atoms. The topological polar surface area (TPSA) is 24.3 Å². The monoisotopic (exact) mass is 304 g/mol. The van der Waals surface area contributed by atoms with Gasteiger partial charge >= 0.3 is 0 Å². The van der Waals surface area contributed by atoms with Crippen LogP contribution in [0.25, 0.3) is 0 Å². The van der Waals surface area contributed by atoms with Gasteiger partial charge in [-0.05, 0) is 18.1 Å². The van der Waals surface area contributed by atoms with Gasteiger partial charge in [-0.2, -0.15) is 5.10 Å². The zero-order valence-electron chi connectivity index (χ0n) is 12.4. The third kappa shape index (κ3) is 3.84. The molecule has 0 bridgehead atoms. The van der Waals surface area contributed by atoms with E-state index in [9.17, 15) is 0 Å². The van der Waals surface area contributed by atoms with Crippen LogP contribution >= 0.6 is 11.6 Å². The second-order valence-corrected chi connectivity index (χ2v) is 6.10. The molecule has 1 aromatic heterocycles. The van der Waals surface area contributed by atoms with E-state index in [1.54, 1.807) is 6.20 Å². The summed E-state index contributed by atoms with van der Waals surface area (Å²) in [5, 5.41) is 4.94. The van der Waals surface area contributed by atoms with Crippen molar-refractivity contribution in [3.8, 4) is 0 Å². The Morgan fingerprint density at radius 1 is 1.10 bits per heavy atom. The minimum absolute atomic E-state index is 0.702. The van der Waals surface area contributed by atoms with Crippen LogP contribution in [0.2, 0.25) is 5.02 Å². The van der Waals surface area contributed by atoms with Crippen molar-refractivity contribution in [2.75, 3.05) is 26.2 Å². The van der Waals surface area contributed by atoms with Crippen LogP contribution in [0, 0.1) is 6.92 Å². The molecule has 112 valence electrons. The third-order valence-electron chi connectivity index (χ3n) is 4.07. The number of aryl methyl sites for hydroxylation is 1. The molecule has 5 heteroatoms. The summed E-state index contributed by atoms with van der Waals surface area (Å²) in [6.45, 7) is 8.41. The smallest absolute Gasteiger partial charge is 0.0930 e. The van der Waals surface area contributed by atoms with Crippen molar-refractivity contribution in [3.63, 3.8) is 0 Å². The molecule has 1 aliphatic rings. The lowest BCUT2D eigenvalue weighted by Crippen LogP contribution is -2.46. The lowest BCUT2D eigenvalue weighted by molar-refractivity contribution is 0.0987. The minimum Gasteiger partial charge on any atom is -0.297 e. The molecule has 0 spiro atoms. The normalized spacial score (nSPS) is 17.2. The minimum atomic E-state index is 0.702. The molecule has 4 nitrogen and oxygen atoms in total. The Bertz CT molecular complexity index is 587. The van der Waals surface area contributed by atoms with Crippen molar-refractivity contribution < 1.29 is 0 Å². The standard InChI is InChI=1S/C16H21ClN4/c1-14-4-2-3-5-15(14)11-19-6-8-20(9-7-19)13-21-12-16(17)10-18-21/h2-5,10,12H,6-9,11,13H2,1H3. The van der Waals surface area contributed by atoms with Gasteiger partial charge in [-0.1, -0.05) is 35.9 Å². The second kappa shape index (κ2) is 6.60. The molecule has 3 rings (SSSR count). The van der Waals surface area contributed by atoms with E-state index in [1.165, 1.54) is 11.1 Å². The van der Waals surface area contributed by atoms with E-state index in [-0.39, 0.29) is 0 Å². The predicted octanol–water partition coefficient (Wildman–Crippen LogP) is 2.62. The Hall–Kier alpha value is -1.36. The number of piperazine rings is 1. The summed E-state index contributed by atoms with van der Waals surface area (Å²) >= 11 is 5.90. The molecular weight excluding hydrogens is 284 g/mol. The molecule has 0 saturated carbocycles. The maximum absolute atomic E-state index is 5.90. The number of hydrogen-bond donors (Lipinski definition) is 0. The first-order valence-electron chi connectivity index (χ1n) is 7.38. The van der Waals surface area contributed by atoms with Crippen LogP contribution in [0.5, 0.6) is 0 Å². The van der Waals surface area contributed by atoms with Crippen LogP contribution in [0.4, 0.5) is 0 Å². The molecule has 0 radical (unpaired) electrons. The average molecular weight is 305 g/mol. The van der Waals surface area contributed by atoms with Crippen molar-refractivity contribution in [2.24, 2.45) is 0 Å². The first kappa shape index (κ1) is 14.6. The van der Waals surface area contributed by atoms with Crippen LogP contribution in [0.1, 0.15) is 11.1 Å². The van der Waals surface area contributed by atoms with Gasteiger partial charge in [0.25, 0.3) is 0 Å². The molecule has 0 atom stereocenters. The summed E-state index contributed by atoms with van der Waals surface area (Å²) < 4.78 is 1.90. The van der Waals surface area contributed by atoms with Crippen LogP contribution in [-0.2, 0) is 13.2 Å². The Morgan fingerprint density at radius 3 is 2.48 bits per heavy atom. The van der Waals surface area contributed by atoms with E-state index < -0.39 is 0 Å². The first-order valence-corrected chi connectivity index (χ1v) is 7.76. The molecular formula is C16H21ClN4. The molecule has 1 aromatic carbocycles. The molecule has 2 aromatic rings. The maximum atomic E-state index is 5.90. The van der Waals surface area contributed by atoms with E-state index in [4.69, 9.17) is 11.6 Å². The van der Waals surface area contributed by atoms with E-state index in [0.717, 1.165) is 39.4 Å². The summed E-state index contributed by atoms with van der Waals surface area (Å²) in [5.41, 5.74) is 2.82.